The van der Waals surface area contributed by atoms with Gasteiger partial charge in [-0.3, -0.25) is 19.3 Å². The summed E-state index contributed by atoms with van der Waals surface area (Å²) in [5.41, 5.74) is 2.80. The van der Waals surface area contributed by atoms with Crippen LogP contribution in [-0.2, 0) is 18.3 Å². The average molecular weight is 499 g/mol. The third-order valence-electron chi connectivity index (χ3n) is 6.64. The first kappa shape index (κ1) is 24.5. The molecule has 0 aromatic heterocycles. The topological polar surface area (TPSA) is 92.5 Å². The van der Waals surface area contributed by atoms with Crippen molar-refractivity contribution in [1.29, 1.82) is 0 Å². The van der Waals surface area contributed by atoms with Crippen molar-refractivity contribution in [2.75, 3.05) is 39.3 Å². The Morgan fingerprint density at radius 3 is 2.30 bits per heavy atom. The van der Waals surface area contributed by atoms with Gasteiger partial charge in [0.15, 0.2) is 0 Å². The van der Waals surface area contributed by atoms with Gasteiger partial charge in [0, 0.05) is 52.2 Å². The minimum absolute atomic E-state index is 0.0121. The lowest BCUT2D eigenvalue weighted by atomic mass is 10.1. The van der Waals surface area contributed by atoms with E-state index in [1.165, 1.54) is 10.2 Å². The number of rotatable bonds is 7. The van der Waals surface area contributed by atoms with Crippen LogP contribution in [0.5, 0.6) is 0 Å². The normalized spacial score (nSPS) is 14.1. The molecule has 0 aliphatic carbocycles. The maximum Gasteiger partial charge on any atom is 0.282 e. The third kappa shape index (κ3) is 5.46. The fourth-order valence-electron chi connectivity index (χ4n) is 4.67. The van der Waals surface area contributed by atoms with Gasteiger partial charge in [0.25, 0.3) is 11.5 Å². The first-order valence-electron chi connectivity index (χ1n) is 12.5. The van der Waals surface area contributed by atoms with E-state index in [2.05, 4.69) is 15.3 Å². The lowest BCUT2D eigenvalue weighted by Gasteiger charge is -2.34. The summed E-state index contributed by atoms with van der Waals surface area (Å²) in [5.74, 6) is -0.173. The standard InChI is InChI=1S/C28H30N6O3/c1-31-18-23(26-24(19-31)28(37)34(30-26)22-10-6-3-7-11-22)27(36)33-16-14-32(15-17-33)20-25(35)29-13-12-21-8-4-2-5-9-21/h2-11,18-19H,12-17,20H2,1H3,(H,29,35). The Morgan fingerprint density at radius 2 is 1.59 bits per heavy atom. The van der Waals surface area contributed by atoms with Gasteiger partial charge in [-0.05, 0) is 24.1 Å². The highest BCUT2D eigenvalue weighted by molar-refractivity contribution is 6.00. The van der Waals surface area contributed by atoms with Gasteiger partial charge in [0.1, 0.15) is 5.69 Å². The minimum Gasteiger partial charge on any atom is -0.356 e. The quantitative estimate of drug-likeness (QED) is 0.420. The largest absolute Gasteiger partial charge is 0.356 e. The zero-order chi connectivity index (χ0) is 25.8. The molecule has 9 heteroatoms. The molecule has 0 spiro atoms. The zero-order valence-electron chi connectivity index (χ0n) is 20.8. The number of hydrogen-bond acceptors (Lipinski definition) is 5. The van der Waals surface area contributed by atoms with Crippen LogP contribution in [0.15, 0.2) is 77.9 Å². The molecule has 2 aromatic rings. The number of carbonyl (C=O) groups excluding carboxylic acids is 2. The number of piperazine rings is 1. The summed E-state index contributed by atoms with van der Waals surface area (Å²) in [4.78, 5) is 42.8. The molecular formula is C28H30N6O3. The molecule has 190 valence electrons. The summed E-state index contributed by atoms with van der Waals surface area (Å²) in [5, 5.41) is 7.51. The van der Waals surface area contributed by atoms with E-state index in [-0.39, 0.29) is 17.4 Å². The van der Waals surface area contributed by atoms with Crippen molar-refractivity contribution in [2.45, 2.75) is 6.42 Å². The van der Waals surface area contributed by atoms with E-state index < -0.39 is 0 Å². The van der Waals surface area contributed by atoms with Crippen LogP contribution in [0.2, 0.25) is 0 Å². The molecule has 3 aliphatic rings. The van der Waals surface area contributed by atoms with Crippen LogP contribution < -0.4 is 10.9 Å². The molecule has 1 N–H and O–H groups in total. The van der Waals surface area contributed by atoms with Crippen molar-refractivity contribution in [3.63, 3.8) is 0 Å². The molecule has 3 aliphatic heterocycles. The predicted molar refractivity (Wildman–Crippen MR) is 141 cm³/mol. The number of carbonyl (C=O) groups is 2. The lowest BCUT2D eigenvalue weighted by molar-refractivity contribution is -0.122. The fourth-order valence-corrected chi connectivity index (χ4v) is 4.67. The molecule has 1 saturated heterocycles. The van der Waals surface area contributed by atoms with E-state index in [4.69, 9.17) is 0 Å². The lowest BCUT2D eigenvalue weighted by Crippen LogP contribution is -2.51. The average Bonchev–Trinajstić information content (AvgIpc) is 3.25. The Balaban J connectivity index is 1.21. The van der Waals surface area contributed by atoms with Gasteiger partial charge < -0.3 is 14.8 Å². The maximum atomic E-state index is 13.5. The minimum atomic E-state index is -0.255. The highest BCUT2D eigenvalue weighted by Crippen LogP contribution is 2.23. The molecule has 0 unspecified atom stereocenters. The van der Waals surface area contributed by atoms with E-state index in [1.54, 1.807) is 28.9 Å². The molecule has 2 aromatic carbocycles. The second-order valence-electron chi connectivity index (χ2n) is 9.31. The number of aromatic nitrogens is 3. The van der Waals surface area contributed by atoms with E-state index in [1.807, 2.05) is 60.7 Å². The van der Waals surface area contributed by atoms with Crippen molar-refractivity contribution in [3.8, 4) is 16.9 Å². The first-order chi connectivity index (χ1) is 18.0. The summed E-state index contributed by atoms with van der Waals surface area (Å²) in [6, 6.07) is 19.2. The van der Waals surface area contributed by atoms with Gasteiger partial charge in [-0.25, -0.2) is 0 Å². The van der Waals surface area contributed by atoms with Gasteiger partial charge in [-0.1, -0.05) is 48.5 Å². The van der Waals surface area contributed by atoms with Gasteiger partial charge in [-0.15, -0.1) is 0 Å². The molecule has 0 saturated carbocycles. The van der Waals surface area contributed by atoms with Crippen LogP contribution in [0.1, 0.15) is 15.9 Å². The highest BCUT2D eigenvalue weighted by atomic mass is 16.2. The first-order valence-corrected chi connectivity index (χ1v) is 12.5. The van der Waals surface area contributed by atoms with E-state index in [0.717, 1.165) is 6.42 Å². The summed E-state index contributed by atoms with van der Waals surface area (Å²) >= 11 is 0. The molecule has 2 amide bonds. The molecule has 37 heavy (non-hydrogen) atoms. The molecule has 5 rings (SSSR count). The molecule has 9 nitrogen and oxygen atoms in total. The molecule has 0 bridgehead atoms. The smallest absolute Gasteiger partial charge is 0.282 e. The molecular weight excluding hydrogens is 468 g/mol. The van der Waals surface area contributed by atoms with E-state index in [9.17, 15) is 14.4 Å². The summed E-state index contributed by atoms with van der Waals surface area (Å²) in [6.45, 7) is 3.11. The monoisotopic (exact) mass is 498 g/mol. The number of amides is 2. The number of pyridine rings is 1. The molecule has 3 heterocycles. The number of para-hydroxylation sites is 1. The predicted octanol–water partition coefficient (Wildman–Crippen LogP) is 1.79. The Kier molecular flexibility index (Phi) is 7.14. The van der Waals surface area contributed by atoms with E-state index in [0.29, 0.717) is 61.8 Å². The number of hydrogen-bond donors (Lipinski definition) is 1. The second-order valence-corrected chi connectivity index (χ2v) is 9.31. The van der Waals surface area contributed by atoms with Crippen molar-refractivity contribution in [1.82, 2.24) is 29.5 Å². The number of fused-ring (bicyclic) bond motifs is 1. The second kappa shape index (κ2) is 10.8. The Labute approximate surface area is 215 Å². The summed E-state index contributed by atoms with van der Waals surface area (Å²) in [6.07, 6.45) is 4.22. The van der Waals surface area contributed by atoms with Gasteiger partial charge in [0.05, 0.1) is 23.4 Å². The van der Waals surface area contributed by atoms with E-state index >= 15 is 0 Å². The van der Waals surface area contributed by atoms with Crippen molar-refractivity contribution in [3.05, 3.63) is 94.5 Å². The van der Waals surface area contributed by atoms with Crippen LogP contribution in [0.25, 0.3) is 16.9 Å². The van der Waals surface area contributed by atoms with Crippen LogP contribution in [0.4, 0.5) is 0 Å². The van der Waals surface area contributed by atoms with Crippen molar-refractivity contribution >= 4 is 11.8 Å². The number of aryl methyl sites for hydroxylation is 1. The van der Waals surface area contributed by atoms with Crippen LogP contribution in [0.3, 0.4) is 0 Å². The maximum absolute atomic E-state index is 13.5. The molecule has 0 atom stereocenters. The number of nitrogens with one attached hydrogen (secondary N) is 1. The highest BCUT2D eigenvalue weighted by Gasteiger charge is 2.29. The van der Waals surface area contributed by atoms with Gasteiger partial charge in [-0.2, -0.15) is 9.78 Å². The van der Waals surface area contributed by atoms with Gasteiger partial charge >= 0.3 is 0 Å². The fraction of sp³-hybridized carbons (Fsp3) is 0.286. The van der Waals surface area contributed by atoms with Crippen molar-refractivity contribution < 1.29 is 9.59 Å². The van der Waals surface area contributed by atoms with Crippen LogP contribution in [0, 0.1) is 0 Å². The van der Waals surface area contributed by atoms with Crippen LogP contribution >= 0.6 is 0 Å². The SMILES string of the molecule is Cn1cc(C(=O)N2CCN(CC(=O)NCCc3ccccc3)CC2)c2nn(-c3ccccc3)c(=O)c-2c1. The Hall–Kier alpha value is -4.24. The number of benzene rings is 2. The Morgan fingerprint density at radius 1 is 0.919 bits per heavy atom. The number of nitrogens with zero attached hydrogens (tertiary/aromatic N) is 5. The van der Waals surface area contributed by atoms with Gasteiger partial charge in [0.2, 0.25) is 5.91 Å². The zero-order valence-corrected chi connectivity index (χ0v) is 20.8. The molecule has 0 radical (unpaired) electrons. The summed E-state index contributed by atoms with van der Waals surface area (Å²) < 4.78 is 3.07. The van der Waals surface area contributed by atoms with Crippen LogP contribution in [-0.4, -0.2) is 75.2 Å². The molecule has 1 fully saturated rings. The Bertz CT molecular complexity index is 1400. The summed E-state index contributed by atoms with van der Waals surface area (Å²) in [7, 11) is 1.80. The van der Waals surface area contributed by atoms with Crippen molar-refractivity contribution in [2.24, 2.45) is 7.05 Å². The third-order valence-corrected chi connectivity index (χ3v) is 6.64.